The third kappa shape index (κ3) is 27.2. The van der Waals surface area contributed by atoms with Crippen LogP contribution in [0.5, 0.6) is 0 Å². The highest BCUT2D eigenvalue weighted by Gasteiger charge is 2.48. The molecular formula is C42H81NO11S. The number of rotatable bonds is 37. The zero-order valence-electron chi connectivity index (χ0n) is 34.5. The van der Waals surface area contributed by atoms with Crippen LogP contribution in [0.25, 0.3) is 0 Å². The summed E-state index contributed by atoms with van der Waals surface area (Å²) in [7, 11) is -5.07. The Bertz CT molecular complexity index is 1050. The topological polar surface area (TPSA) is 192 Å². The predicted octanol–water partition coefficient (Wildman–Crippen LogP) is 7.99. The first-order chi connectivity index (χ1) is 26.5. The van der Waals surface area contributed by atoms with Crippen LogP contribution in [0.4, 0.5) is 0 Å². The van der Waals surface area contributed by atoms with Crippen molar-refractivity contribution >= 4 is 16.3 Å². The van der Waals surface area contributed by atoms with Gasteiger partial charge in [-0.15, -0.1) is 0 Å². The summed E-state index contributed by atoms with van der Waals surface area (Å²) in [6.45, 7) is 3.42. The van der Waals surface area contributed by atoms with Gasteiger partial charge in [-0.25, -0.2) is 4.18 Å². The Kier molecular flexibility index (Phi) is 31.8. The molecule has 0 aliphatic carbocycles. The number of allylic oxidation sites excluding steroid dienone is 2. The summed E-state index contributed by atoms with van der Waals surface area (Å²) in [6, 6.07) is -0.855. The third-order valence-corrected chi connectivity index (χ3v) is 11.0. The zero-order chi connectivity index (χ0) is 40.6. The minimum atomic E-state index is -5.07. The molecule has 1 rings (SSSR count). The highest BCUT2D eigenvalue weighted by molar-refractivity contribution is 7.80. The van der Waals surface area contributed by atoms with Gasteiger partial charge in [-0.2, -0.15) is 8.42 Å². The molecule has 0 radical (unpaired) electrons. The van der Waals surface area contributed by atoms with E-state index in [4.69, 9.17) is 14.0 Å². The van der Waals surface area contributed by atoms with Crippen molar-refractivity contribution in [3.8, 4) is 0 Å². The Hall–Kier alpha value is -1.16. The lowest BCUT2D eigenvalue weighted by Crippen LogP contribution is -2.61. The van der Waals surface area contributed by atoms with Crippen molar-refractivity contribution < 1.29 is 51.8 Å². The van der Waals surface area contributed by atoms with Gasteiger partial charge in [0, 0.05) is 6.42 Å². The summed E-state index contributed by atoms with van der Waals surface area (Å²) >= 11 is 0. The number of amides is 1. The highest BCUT2D eigenvalue weighted by Crippen LogP contribution is 2.26. The third-order valence-electron chi connectivity index (χ3n) is 10.6. The second-order valence-corrected chi connectivity index (χ2v) is 16.7. The van der Waals surface area contributed by atoms with Crippen molar-refractivity contribution in [3.63, 3.8) is 0 Å². The molecule has 0 aromatic rings. The van der Waals surface area contributed by atoms with Crippen LogP contribution in [0.1, 0.15) is 194 Å². The molecule has 1 amide bonds. The van der Waals surface area contributed by atoms with Gasteiger partial charge in [-0.05, 0) is 38.5 Å². The van der Waals surface area contributed by atoms with Crippen LogP contribution in [-0.2, 0) is 28.9 Å². The second kappa shape index (κ2) is 33.8. The maximum atomic E-state index is 13.0. The number of carbonyl (C=O) groups excluding carboxylic acids is 1. The van der Waals surface area contributed by atoms with Crippen molar-refractivity contribution in [2.24, 2.45) is 0 Å². The Labute approximate surface area is 334 Å². The lowest BCUT2D eigenvalue weighted by molar-refractivity contribution is -0.298. The fourth-order valence-electron chi connectivity index (χ4n) is 7.10. The first-order valence-corrected chi connectivity index (χ1v) is 23.4. The van der Waals surface area contributed by atoms with Crippen LogP contribution < -0.4 is 5.32 Å². The summed E-state index contributed by atoms with van der Waals surface area (Å²) in [5.41, 5.74) is 0. The summed E-state index contributed by atoms with van der Waals surface area (Å²) in [4.78, 5) is 13.0. The van der Waals surface area contributed by atoms with Crippen molar-refractivity contribution in [1.82, 2.24) is 5.32 Å². The molecule has 6 N–H and O–H groups in total. The smallest absolute Gasteiger partial charge is 0.394 e. The van der Waals surface area contributed by atoms with E-state index in [1.807, 2.05) is 0 Å². The van der Waals surface area contributed by atoms with Crippen LogP contribution in [0.15, 0.2) is 12.2 Å². The van der Waals surface area contributed by atoms with E-state index in [9.17, 15) is 33.6 Å². The average molecular weight is 808 g/mol. The van der Waals surface area contributed by atoms with Gasteiger partial charge >= 0.3 is 10.4 Å². The van der Waals surface area contributed by atoms with E-state index in [1.165, 1.54) is 109 Å². The summed E-state index contributed by atoms with van der Waals surface area (Å²) < 4.78 is 47.5. The van der Waals surface area contributed by atoms with E-state index < -0.39 is 59.9 Å². The van der Waals surface area contributed by atoms with Gasteiger partial charge < -0.3 is 35.2 Å². The molecule has 326 valence electrons. The molecule has 0 aromatic heterocycles. The quantitative estimate of drug-likeness (QED) is 0.0203. The normalized spacial score (nSPS) is 21.6. The van der Waals surface area contributed by atoms with Gasteiger partial charge in [0.15, 0.2) is 6.29 Å². The van der Waals surface area contributed by atoms with E-state index in [0.717, 1.165) is 51.4 Å². The Morgan fingerprint density at radius 3 is 1.64 bits per heavy atom. The number of aliphatic hydroxyl groups is 4. The van der Waals surface area contributed by atoms with Crippen molar-refractivity contribution in [2.75, 3.05) is 13.2 Å². The molecule has 7 unspecified atom stereocenters. The first kappa shape index (κ1) is 51.9. The van der Waals surface area contributed by atoms with Crippen molar-refractivity contribution in [2.45, 2.75) is 236 Å². The molecule has 12 nitrogen and oxygen atoms in total. The second-order valence-electron chi connectivity index (χ2n) is 15.6. The fraction of sp³-hybridized carbons (Fsp3) is 0.929. The van der Waals surface area contributed by atoms with Gasteiger partial charge in [0.2, 0.25) is 5.91 Å². The number of hydrogen-bond donors (Lipinski definition) is 6. The fourth-order valence-corrected chi connectivity index (χ4v) is 7.61. The van der Waals surface area contributed by atoms with Gasteiger partial charge in [-0.1, -0.05) is 161 Å². The standard InChI is InChI=1S/C42H81NO11S/c1-3-5-7-9-11-13-15-16-17-18-19-20-22-24-26-28-30-32-38(46)43-35(36(45)31-29-27-25-23-21-14-12-10-8-6-4-2)34-52-42-40(48)41(54-55(49,50)51)39(47)37(33-44)53-42/h16-17,35-37,39-42,44-45,47-48H,3-15,18-34H2,1-2H3,(H,43,46)(H,49,50,51)/b17-16-. The summed E-state index contributed by atoms with van der Waals surface area (Å²) in [6.07, 6.45) is 26.4. The number of unbranched alkanes of at least 4 members (excludes halogenated alkanes) is 23. The number of ether oxygens (including phenoxy) is 2. The predicted molar refractivity (Wildman–Crippen MR) is 218 cm³/mol. The molecular weight excluding hydrogens is 727 g/mol. The van der Waals surface area contributed by atoms with Gasteiger partial charge in [0.25, 0.3) is 0 Å². The number of aliphatic hydroxyl groups excluding tert-OH is 4. The molecule has 0 spiro atoms. The molecule has 0 saturated carbocycles. The van der Waals surface area contributed by atoms with Gasteiger partial charge in [0.1, 0.15) is 24.4 Å². The lowest BCUT2D eigenvalue weighted by atomic mass is 9.99. The molecule has 1 aliphatic heterocycles. The van der Waals surface area contributed by atoms with Gasteiger partial charge in [0.05, 0.1) is 25.4 Å². The molecule has 7 atom stereocenters. The van der Waals surface area contributed by atoms with Crippen LogP contribution in [0.3, 0.4) is 0 Å². The molecule has 13 heteroatoms. The molecule has 1 heterocycles. The lowest BCUT2D eigenvalue weighted by Gasteiger charge is -2.41. The van der Waals surface area contributed by atoms with E-state index in [0.29, 0.717) is 12.8 Å². The maximum absolute atomic E-state index is 13.0. The van der Waals surface area contributed by atoms with Crippen LogP contribution >= 0.6 is 0 Å². The van der Waals surface area contributed by atoms with Crippen LogP contribution in [-0.4, -0.2) is 95.4 Å². The molecule has 1 aliphatic rings. The zero-order valence-corrected chi connectivity index (χ0v) is 35.3. The van der Waals surface area contributed by atoms with Gasteiger partial charge in [-0.3, -0.25) is 9.35 Å². The highest BCUT2D eigenvalue weighted by atomic mass is 32.3. The molecule has 0 bridgehead atoms. The summed E-state index contributed by atoms with van der Waals surface area (Å²) in [5, 5.41) is 44.7. The van der Waals surface area contributed by atoms with E-state index in [-0.39, 0.29) is 18.9 Å². The minimum absolute atomic E-state index is 0.235. The molecule has 1 saturated heterocycles. The largest absolute Gasteiger partial charge is 0.397 e. The Balaban J connectivity index is 2.50. The number of hydrogen-bond acceptors (Lipinski definition) is 10. The summed E-state index contributed by atoms with van der Waals surface area (Å²) in [5.74, 6) is -0.235. The first-order valence-electron chi connectivity index (χ1n) is 22.1. The molecule has 0 aromatic carbocycles. The van der Waals surface area contributed by atoms with E-state index in [1.54, 1.807) is 0 Å². The minimum Gasteiger partial charge on any atom is -0.394 e. The van der Waals surface area contributed by atoms with Crippen LogP contribution in [0, 0.1) is 0 Å². The molecule has 1 fully saturated rings. The number of carbonyl (C=O) groups is 1. The van der Waals surface area contributed by atoms with E-state index in [2.05, 4.69) is 35.5 Å². The average Bonchev–Trinajstić information content (AvgIpc) is 3.15. The van der Waals surface area contributed by atoms with Crippen molar-refractivity contribution in [1.29, 1.82) is 0 Å². The SMILES string of the molecule is CCCCCCCC/C=C\CCCCCCCCCC(=O)NC(COC1OC(CO)C(O)C(OS(=O)(=O)O)C1O)C(O)CCCCCCCCCCCCC. The van der Waals surface area contributed by atoms with Crippen molar-refractivity contribution in [3.05, 3.63) is 12.2 Å². The Morgan fingerprint density at radius 2 is 1.16 bits per heavy atom. The monoisotopic (exact) mass is 808 g/mol. The van der Waals surface area contributed by atoms with Crippen LogP contribution in [0.2, 0.25) is 0 Å². The Morgan fingerprint density at radius 1 is 0.709 bits per heavy atom. The maximum Gasteiger partial charge on any atom is 0.397 e. The number of nitrogens with one attached hydrogen (secondary N) is 1. The molecule has 55 heavy (non-hydrogen) atoms. The van der Waals surface area contributed by atoms with E-state index >= 15 is 0 Å².